The van der Waals surface area contributed by atoms with E-state index in [1.54, 1.807) is 11.1 Å². The normalized spacial score (nSPS) is 18.4. The van der Waals surface area contributed by atoms with E-state index in [2.05, 4.69) is 20.3 Å². The summed E-state index contributed by atoms with van der Waals surface area (Å²) in [6, 6.07) is 13.5. The van der Waals surface area contributed by atoms with Crippen molar-refractivity contribution in [2.45, 2.75) is 12.8 Å². The lowest BCUT2D eigenvalue weighted by atomic mass is 10.2. The number of aromatic nitrogens is 2. The third kappa shape index (κ3) is 2.99. The van der Waals surface area contributed by atoms with Gasteiger partial charge in [0.25, 0.3) is 5.91 Å². The molecule has 5 rings (SSSR count). The third-order valence-electron chi connectivity index (χ3n) is 4.90. The Morgan fingerprint density at radius 3 is 2.85 bits per heavy atom. The fourth-order valence-electron chi connectivity index (χ4n) is 3.25. The molecule has 6 nitrogen and oxygen atoms in total. The number of nitrogens with one attached hydrogen (secondary N) is 2. The highest BCUT2D eigenvalue weighted by molar-refractivity contribution is 6.28. The lowest BCUT2D eigenvalue weighted by Gasteiger charge is -2.19. The van der Waals surface area contributed by atoms with E-state index in [1.165, 1.54) is 12.8 Å². The molecule has 1 aliphatic carbocycles. The maximum absolute atomic E-state index is 13.1. The maximum atomic E-state index is 13.1. The number of anilines is 1. The average Bonchev–Trinajstić information content (AvgIpc) is 3.38. The Kier molecular flexibility index (Phi) is 3.74. The van der Waals surface area contributed by atoms with Crippen molar-refractivity contribution in [2.75, 3.05) is 11.4 Å². The number of nitrogens with zero attached hydrogens (tertiary/aromatic N) is 3. The topological polar surface area (TPSA) is 73.4 Å². The molecule has 0 saturated heterocycles. The molecule has 2 aliphatic rings. The maximum Gasteiger partial charge on any atom is 0.283 e. The fourth-order valence-corrected chi connectivity index (χ4v) is 3.25. The first-order valence-electron chi connectivity index (χ1n) is 9.15. The highest BCUT2D eigenvalue weighted by Crippen LogP contribution is 2.29. The van der Waals surface area contributed by atoms with Gasteiger partial charge in [-0.15, -0.1) is 0 Å². The summed E-state index contributed by atoms with van der Waals surface area (Å²) in [6.45, 7) is 0.847. The molecule has 1 fully saturated rings. The van der Waals surface area contributed by atoms with E-state index >= 15 is 0 Å². The summed E-state index contributed by atoms with van der Waals surface area (Å²) >= 11 is 0. The van der Waals surface area contributed by atoms with Crippen molar-refractivity contribution in [1.82, 2.24) is 15.3 Å². The zero-order valence-corrected chi connectivity index (χ0v) is 14.7. The van der Waals surface area contributed by atoms with Gasteiger partial charge in [-0.3, -0.25) is 4.79 Å². The van der Waals surface area contributed by atoms with Crippen LogP contribution in [0.2, 0.25) is 0 Å². The van der Waals surface area contributed by atoms with Gasteiger partial charge < -0.3 is 10.3 Å². The number of rotatable bonds is 4. The van der Waals surface area contributed by atoms with Crippen LogP contribution in [0.1, 0.15) is 18.4 Å². The molecule has 0 radical (unpaired) electrons. The van der Waals surface area contributed by atoms with E-state index in [4.69, 9.17) is 0 Å². The first-order valence-corrected chi connectivity index (χ1v) is 9.15. The Hall–Kier alpha value is -3.41. The predicted molar refractivity (Wildman–Crippen MR) is 106 cm³/mol. The fraction of sp³-hybridized carbons (Fsp3) is 0.190. The van der Waals surface area contributed by atoms with Crippen LogP contribution in [0, 0.1) is 5.92 Å². The van der Waals surface area contributed by atoms with E-state index in [0.717, 1.165) is 28.8 Å². The molecule has 3 aromatic rings. The molecule has 2 aromatic heterocycles. The van der Waals surface area contributed by atoms with E-state index in [-0.39, 0.29) is 5.91 Å². The number of amides is 1. The molecule has 0 spiro atoms. The number of H-pyrrole nitrogens is 1. The van der Waals surface area contributed by atoms with Crippen molar-refractivity contribution in [3.63, 3.8) is 0 Å². The minimum Gasteiger partial charge on any atom is -0.355 e. The average molecular weight is 357 g/mol. The summed E-state index contributed by atoms with van der Waals surface area (Å²) in [4.78, 5) is 26.8. The molecule has 0 atom stereocenters. The van der Waals surface area contributed by atoms with Crippen molar-refractivity contribution in [3.8, 4) is 0 Å². The number of aromatic amines is 1. The SMILES string of the molecule is O=C1/C(=C/c2c[nH]c3ncccc23)N=C(NCC2CC2)N1c1ccccc1. The molecule has 0 bridgehead atoms. The highest BCUT2D eigenvalue weighted by Gasteiger charge is 2.33. The van der Waals surface area contributed by atoms with Gasteiger partial charge in [0.2, 0.25) is 5.96 Å². The largest absolute Gasteiger partial charge is 0.355 e. The Balaban J connectivity index is 1.52. The second-order valence-corrected chi connectivity index (χ2v) is 6.91. The molecule has 1 aromatic carbocycles. The summed E-state index contributed by atoms with van der Waals surface area (Å²) in [5.74, 6) is 1.16. The molecule has 1 saturated carbocycles. The summed E-state index contributed by atoms with van der Waals surface area (Å²) < 4.78 is 0. The number of para-hydroxylation sites is 1. The molecular weight excluding hydrogens is 338 g/mol. The first kappa shape index (κ1) is 15.8. The third-order valence-corrected chi connectivity index (χ3v) is 4.90. The number of aliphatic imine (C=N–C) groups is 1. The number of pyridine rings is 1. The molecule has 27 heavy (non-hydrogen) atoms. The van der Waals surface area contributed by atoms with E-state index in [9.17, 15) is 4.79 Å². The second kappa shape index (κ2) is 6.39. The van der Waals surface area contributed by atoms with E-state index in [0.29, 0.717) is 17.6 Å². The van der Waals surface area contributed by atoms with Gasteiger partial charge in [0.1, 0.15) is 11.3 Å². The zero-order chi connectivity index (χ0) is 18.2. The van der Waals surface area contributed by atoms with Crippen molar-refractivity contribution in [1.29, 1.82) is 0 Å². The van der Waals surface area contributed by atoms with Crippen LogP contribution in [0.4, 0.5) is 5.69 Å². The van der Waals surface area contributed by atoms with Crippen LogP contribution in [0.3, 0.4) is 0 Å². The van der Waals surface area contributed by atoms with Crippen LogP contribution < -0.4 is 10.2 Å². The zero-order valence-electron chi connectivity index (χ0n) is 14.7. The van der Waals surface area contributed by atoms with Crippen LogP contribution in [0.25, 0.3) is 17.1 Å². The number of fused-ring (bicyclic) bond motifs is 1. The van der Waals surface area contributed by atoms with Gasteiger partial charge in [0.05, 0.1) is 5.69 Å². The standard InChI is InChI=1S/C21H19N5O/c27-20-18(11-15-13-23-19-17(15)7-4-10-22-19)25-21(24-12-14-8-9-14)26(20)16-5-2-1-3-6-16/h1-7,10-11,13-14H,8-9,12H2,(H,22,23)(H,24,25)/b18-11-. The predicted octanol–water partition coefficient (Wildman–Crippen LogP) is 3.31. The van der Waals surface area contributed by atoms with Gasteiger partial charge in [-0.05, 0) is 49.1 Å². The van der Waals surface area contributed by atoms with Crippen LogP contribution in [-0.4, -0.2) is 28.4 Å². The summed E-state index contributed by atoms with van der Waals surface area (Å²) in [5.41, 5.74) is 2.93. The Bertz CT molecular complexity index is 1060. The summed E-state index contributed by atoms with van der Waals surface area (Å²) in [7, 11) is 0. The van der Waals surface area contributed by atoms with Crippen molar-refractivity contribution in [3.05, 3.63) is 66.1 Å². The Morgan fingerprint density at radius 2 is 2.04 bits per heavy atom. The van der Waals surface area contributed by atoms with Gasteiger partial charge >= 0.3 is 0 Å². The van der Waals surface area contributed by atoms with Crippen LogP contribution in [-0.2, 0) is 4.79 Å². The summed E-state index contributed by atoms with van der Waals surface area (Å²) in [5, 5.41) is 4.33. The minimum atomic E-state index is -0.127. The van der Waals surface area contributed by atoms with Crippen LogP contribution in [0.5, 0.6) is 0 Å². The van der Waals surface area contributed by atoms with Crippen molar-refractivity contribution in [2.24, 2.45) is 10.9 Å². The molecule has 6 heteroatoms. The number of carbonyl (C=O) groups is 1. The van der Waals surface area contributed by atoms with Gasteiger partial charge in [-0.25, -0.2) is 14.9 Å². The number of carbonyl (C=O) groups excluding carboxylic acids is 1. The van der Waals surface area contributed by atoms with Gasteiger partial charge in [0, 0.05) is 29.9 Å². The van der Waals surface area contributed by atoms with Gasteiger partial charge in [0.15, 0.2) is 0 Å². The summed E-state index contributed by atoms with van der Waals surface area (Å²) in [6.07, 6.45) is 7.90. The lowest BCUT2D eigenvalue weighted by Crippen LogP contribution is -2.41. The molecule has 1 amide bonds. The Morgan fingerprint density at radius 1 is 1.19 bits per heavy atom. The molecular formula is C21H19N5O. The molecule has 2 N–H and O–H groups in total. The number of hydrogen-bond donors (Lipinski definition) is 2. The smallest absolute Gasteiger partial charge is 0.283 e. The number of hydrogen-bond acceptors (Lipinski definition) is 4. The minimum absolute atomic E-state index is 0.127. The van der Waals surface area contributed by atoms with Crippen molar-refractivity contribution < 1.29 is 4.79 Å². The monoisotopic (exact) mass is 357 g/mol. The van der Waals surface area contributed by atoms with Crippen molar-refractivity contribution >= 4 is 34.7 Å². The number of guanidine groups is 1. The van der Waals surface area contributed by atoms with Gasteiger partial charge in [-0.2, -0.15) is 0 Å². The molecule has 0 unspecified atom stereocenters. The number of benzene rings is 1. The molecule has 1 aliphatic heterocycles. The highest BCUT2D eigenvalue weighted by atomic mass is 16.2. The first-order chi connectivity index (χ1) is 13.3. The lowest BCUT2D eigenvalue weighted by molar-refractivity contribution is -0.113. The van der Waals surface area contributed by atoms with Crippen LogP contribution in [0.15, 0.2) is 65.5 Å². The second-order valence-electron chi connectivity index (χ2n) is 6.91. The van der Waals surface area contributed by atoms with E-state index < -0.39 is 0 Å². The van der Waals surface area contributed by atoms with Crippen LogP contribution >= 0.6 is 0 Å². The molecule has 134 valence electrons. The molecule has 3 heterocycles. The quantitative estimate of drug-likeness (QED) is 0.704. The van der Waals surface area contributed by atoms with E-state index in [1.807, 2.05) is 54.7 Å². The van der Waals surface area contributed by atoms with Gasteiger partial charge in [-0.1, -0.05) is 18.2 Å². The Labute approximate surface area is 156 Å².